The van der Waals surface area contributed by atoms with Gasteiger partial charge in [-0.15, -0.1) is 0 Å². The first-order chi connectivity index (χ1) is 7.22. The number of carboxylic acids is 1. The SMILES string of the molecule is CCCCCn1cnc(CCC(=O)O)n1. The van der Waals surface area contributed by atoms with E-state index in [-0.39, 0.29) is 6.42 Å². The van der Waals surface area contributed by atoms with Gasteiger partial charge in [-0.25, -0.2) is 4.98 Å². The number of unbranched alkanes of at least 4 members (excludes halogenated alkanes) is 2. The summed E-state index contributed by atoms with van der Waals surface area (Å²) in [4.78, 5) is 14.4. The van der Waals surface area contributed by atoms with Crippen LogP contribution in [0, 0.1) is 0 Å². The smallest absolute Gasteiger partial charge is 0.303 e. The summed E-state index contributed by atoms with van der Waals surface area (Å²) in [5.74, 6) is -0.189. The molecule has 5 nitrogen and oxygen atoms in total. The fourth-order valence-electron chi connectivity index (χ4n) is 1.30. The van der Waals surface area contributed by atoms with Crippen molar-refractivity contribution in [2.45, 2.75) is 45.6 Å². The lowest BCUT2D eigenvalue weighted by atomic mass is 10.2. The second-order valence-electron chi connectivity index (χ2n) is 3.52. The highest BCUT2D eigenvalue weighted by atomic mass is 16.4. The number of aryl methyl sites for hydroxylation is 2. The van der Waals surface area contributed by atoms with Crippen molar-refractivity contribution in [2.75, 3.05) is 0 Å². The van der Waals surface area contributed by atoms with Crippen molar-refractivity contribution < 1.29 is 9.90 Å². The Labute approximate surface area is 89.1 Å². The highest BCUT2D eigenvalue weighted by molar-refractivity contribution is 5.66. The van der Waals surface area contributed by atoms with Gasteiger partial charge >= 0.3 is 5.97 Å². The van der Waals surface area contributed by atoms with Crippen LogP contribution in [0.5, 0.6) is 0 Å². The van der Waals surface area contributed by atoms with E-state index in [4.69, 9.17) is 5.11 Å². The second kappa shape index (κ2) is 6.16. The molecule has 1 heterocycles. The van der Waals surface area contributed by atoms with Gasteiger partial charge in [-0.2, -0.15) is 5.10 Å². The van der Waals surface area contributed by atoms with Crippen molar-refractivity contribution in [1.82, 2.24) is 14.8 Å². The Balaban J connectivity index is 2.32. The van der Waals surface area contributed by atoms with Crippen molar-refractivity contribution in [3.8, 4) is 0 Å². The summed E-state index contributed by atoms with van der Waals surface area (Å²) in [6, 6.07) is 0. The quantitative estimate of drug-likeness (QED) is 0.694. The summed E-state index contributed by atoms with van der Waals surface area (Å²) in [5, 5.41) is 12.7. The molecule has 84 valence electrons. The van der Waals surface area contributed by atoms with Gasteiger partial charge in [0.15, 0.2) is 5.82 Å². The van der Waals surface area contributed by atoms with Gasteiger partial charge in [0.2, 0.25) is 0 Å². The summed E-state index contributed by atoms with van der Waals surface area (Å²) < 4.78 is 1.78. The number of hydrogen-bond donors (Lipinski definition) is 1. The summed E-state index contributed by atoms with van der Waals surface area (Å²) >= 11 is 0. The molecule has 0 amide bonds. The third kappa shape index (κ3) is 4.58. The first kappa shape index (κ1) is 11.7. The van der Waals surface area contributed by atoms with Gasteiger partial charge < -0.3 is 5.11 Å². The number of aromatic nitrogens is 3. The van der Waals surface area contributed by atoms with E-state index in [1.165, 1.54) is 12.8 Å². The van der Waals surface area contributed by atoms with Crippen LogP contribution < -0.4 is 0 Å². The van der Waals surface area contributed by atoms with Crippen LogP contribution in [-0.4, -0.2) is 25.8 Å². The number of aliphatic carboxylic acids is 1. The molecule has 1 aromatic rings. The molecular weight excluding hydrogens is 194 g/mol. The second-order valence-corrected chi connectivity index (χ2v) is 3.52. The molecule has 1 N–H and O–H groups in total. The van der Waals surface area contributed by atoms with E-state index in [2.05, 4.69) is 17.0 Å². The van der Waals surface area contributed by atoms with Crippen LogP contribution in [0.3, 0.4) is 0 Å². The highest BCUT2D eigenvalue weighted by Crippen LogP contribution is 1.99. The minimum atomic E-state index is -0.808. The van der Waals surface area contributed by atoms with Gasteiger partial charge in [0.05, 0.1) is 6.42 Å². The number of rotatable bonds is 7. The molecule has 0 bridgehead atoms. The Morgan fingerprint density at radius 3 is 3.00 bits per heavy atom. The summed E-state index contributed by atoms with van der Waals surface area (Å²) in [5.41, 5.74) is 0. The standard InChI is InChI=1S/C10H17N3O2/c1-2-3-4-7-13-8-11-9(12-13)5-6-10(14)15/h8H,2-7H2,1H3,(H,14,15). The Morgan fingerprint density at radius 2 is 2.33 bits per heavy atom. The lowest BCUT2D eigenvalue weighted by Gasteiger charge is -1.97. The average molecular weight is 211 g/mol. The van der Waals surface area contributed by atoms with Crippen molar-refractivity contribution >= 4 is 5.97 Å². The van der Waals surface area contributed by atoms with Crippen LogP contribution in [0.25, 0.3) is 0 Å². The van der Waals surface area contributed by atoms with Crippen molar-refractivity contribution in [1.29, 1.82) is 0 Å². The predicted molar refractivity (Wildman–Crippen MR) is 55.5 cm³/mol. The Hall–Kier alpha value is -1.39. The van der Waals surface area contributed by atoms with Gasteiger partial charge in [0, 0.05) is 13.0 Å². The van der Waals surface area contributed by atoms with Crippen LogP contribution in [0.15, 0.2) is 6.33 Å². The molecule has 0 atom stereocenters. The van der Waals surface area contributed by atoms with Crippen molar-refractivity contribution in [3.63, 3.8) is 0 Å². The number of hydrogen-bond acceptors (Lipinski definition) is 3. The third-order valence-electron chi connectivity index (χ3n) is 2.14. The maximum atomic E-state index is 10.3. The first-order valence-corrected chi connectivity index (χ1v) is 5.32. The van der Waals surface area contributed by atoms with Crippen LogP contribution in [0.1, 0.15) is 38.4 Å². The topological polar surface area (TPSA) is 68.0 Å². The molecule has 0 aliphatic rings. The van der Waals surface area contributed by atoms with Crippen molar-refractivity contribution in [3.05, 3.63) is 12.2 Å². The maximum absolute atomic E-state index is 10.3. The van der Waals surface area contributed by atoms with Crippen LogP contribution in [-0.2, 0) is 17.8 Å². The molecule has 0 aliphatic heterocycles. The normalized spacial score (nSPS) is 10.5. The van der Waals surface area contributed by atoms with Crippen LogP contribution in [0.4, 0.5) is 0 Å². The van der Waals surface area contributed by atoms with E-state index in [0.717, 1.165) is 13.0 Å². The lowest BCUT2D eigenvalue weighted by molar-refractivity contribution is -0.137. The fourth-order valence-corrected chi connectivity index (χ4v) is 1.30. The molecule has 0 radical (unpaired) electrons. The Kier molecular flexibility index (Phi) is 4.80. The molecular formula is C10H17N3O2. The minimum Gasteiger partial charge on any atom is -0.481 e. The molecule has 0 aliphatic carbocycles. The molecule has 0 saturated heterocycles. The van der Waals surface area contributed by atoms with Gasteiger partial charge in [-0.1, -0.05) is 19.8 Å². The van der Waals surface area contributed by atoms with E-state index >= 15 is 0 Å². The molecule has 1 rings (SSSR count). The summed E-state index contributed by atoms with van der Waals surface area (Å²) in [7, 11) is 0. The monoisotopic (exact) mass is 211 g/mol. The van der Waals surface area contributed by atoms with Crippen molar-refractivity contribution in [2.24, 2.45) is 0 Å². The molecule has 0 saturated carbocycles. The lowest BCUT2D eigenvalue weighted by Crippen LogP contribution is -2.02. The first-order valence-electron chi connectivity index (χ1n) is 5.32. The molecule has 5 heteroatoms. The Bertz CT molecular complexity index is 309. The zero-order valence-electron chi connectivity index (χ0n) is 9.02. The Morgan fingerprint density at radius 1 is 1.53 bits per heavy atom. The largest absolute Gasteiger partial charge is 0.481 e. The zero-order valence-corrected chi connectivity index (χ0v) is 9.02. The van der Waals surface area contributed by atoms with Gasteiger partial charge in [-0.05, 0) is 6.42 Å². The molecule has 0 fully saturated rings. The van der Waals surface area contributed by atoms with Gasteiger partial charge in [0.1, 0.15) is 6.33 Å². The van der Waals surface area contributed by atoms with Gasteiger partial charge in [0.25, 0.3) is 0 Å². The molecule has 15 heavy (non-hydrogen) atoms. The molecule has 0 aromatic carbocycles. The van der Waals surface area contributed by atoms with Crippen LogP contribution in [0.2, 0.25) is 0 Å². The van der Waals surface area contributed by atoms with E-state index in [1.807, 2.05) is 0 Å². The zero-order chi connectivity index (χ0) is 11.1. The average Bonchev–Trinajstić information content (AvgIpc) is 2.63. The van der Waals surface area contributed by atoms with E-state index in [1.54, 1.807) is 11.0 Å². The third-order valence-corrected chi connectivity index (χ3v) is 2.14. The number of carbonyl (C=O) groups is 1. The number of nitrogens with zero attached hydrogens (tertiary/aromatic N) is 3. The van der Waals surface area contributed by atoms with E-state index < -0.39 is 5.97 Å². The van der Waals surface area contributed by atoms with Crippen LogP contribution >= 0.6 is 0 Å². The fraction of sp³-hybridized carbons (Fsp3) is 0.700. The van der Waals surface area contributed by atoms with Gasteiger partial charge in [-0.3, -0.25) is 9.48 Å². The minimum absolute atomic E-state index is 0.0962. The summed E-state index contributed by atoms with van der Waals surface area (Å²) in [6.45, 7) is 3.02. The van der Waals surface area contributed by atoms with E-state index in [0.29, 0.717) is 12.2 Å². The summed E-state index contributed by atoms with van der Waals surface area (Å²) in [6.07, 6.45) is 5.64. The highest BCUT2D eigenvalue weighted by Gasteiger charge is 2.03. The van der Waals surface area contributed by atoms with E-state index in [9.17, 15) is 4.79 Å². The number of carboxylic acid groups (broad SMARTS) is 1. The molecule has 0 spiro atoms. The predicted octanol–water partition coefficient (Wildman–Crippen LogP) is 1.49. The molecule has 1 aromatic heterocycles. The molecule has 0 unspecified atom stereocenters. The maximum Gasteiger partial charge on any atom is 0.303 e.